The summed E-state index contributed by atoms with van der Waals surface area (Å²) >= 11 is 0. The summed E-state index contributed by atoms with van der Waals surface area (Å²) in [5.41, 5.74) is 6.26. The van der Waals surface area contributed by atoms with Crippen LogP contribution >= 0.6 is 0 Å². The van der Waals surface area contributed by atoms with Crippen molar-refractivity contribution in [3.8, 4) is 11.3 Å². The van der Waals surface area contributed by atoms with Gasteiger partial charge in [0.05, 0.1) is 18.4 Å². The summed E-state index contributed by atoms with van der Waals surface area (Å²) in [6, 6.07) is 22.6. The predicted molar refractivity (Wildman–Crippen MR) is 136 cm³/mol. The number of amides is 1. The normalized spacial score (nSPS) is 11.3. The van der Waals surface area contributed by atoms with Crippen LogP contribution in [0.4, 0.5) is 11.4 Å². The summed E-state index contributed by atoms with van der Waals surface area (Å²) < 4.78 is 27.0. The Labute approximate surface area is 199 Å². The van der Waals surface area contributed by atoms with E-state index < -0.39 is 10.0 Å². The van der Waals surface area contributed by atoms with Gasteiger partial charge in [-0.05, 0) is 43.7 Å². The monoisotopic (exact) mass is 474 g/mol. The molecule has 7 nitrogen and oxygen atoms in total. The van der Waals surface area contributed by atoms with Gasteiger partial charge in [0.25, 0.3) is 5.91 Å². The molecule has 0 saturated heterocycles. The lowest BCUT2D eigenvalue weighted by molar-refractivity contribution is 0.102. The number of aryl methyl sites for hydroxylation is 2. The Morgan fingerprint density at radius 1 is 0.853 bits per heavy atom. The van der Waals surface area contributed by atoms with Crippen molar-refractivity contribution in [3.63, 3.8) is 0 Å². The molecule has 0 bridgehead atoms. The lowest BCUT2D eigenvalue weighted by Gasteiger charge is -2.08. The number of nitrogens with zero attached hydrogens (tertiary/aromatic N) is 2. The second kappa shape index (κ2) is 9.52. The third-order valence-corrected chi connectivity index (χ3v) is 5.85. The van der Waals surface area contributed by atoms with Gasteiger partial charge in [-0.25, -0.2) is 8.42 Å². The fourth-order valence-corrected chi connectivity index (χ4v) is 4.07. The SMILES string of the molecule is Cc1ccc(Cn2cc(C(=O)Nc3ccc(NS(C)(=O)=O)cc3)c(-c3ccc(C)cc3)n2)cc1. The van der Waals surface area contributed by atoms with E-state index >= 15 is 0 Å². The fourth-order valence-electron chi connectivity index (χ4n) is 3.51. The van der Waals surface area contributed by atoms with Crippen LogP contribution in [0.25, 0.3) is 11.3 Å². The maximum absolute atomic E-state index is 13.2. The summed E-state index contributed by atoms with van der Waals surface area (Å²) in [7, 11) is -3.37. The Bertz CT molecular complexity index is 1410. The summed E-state index contributed by atoms with van der Waals surface area (Å²) in [4.78, 5) is 13.2. The maximum Gasteiger partial charge on any atom is 0.259 e. The van der Waals surface area contributed by atoms with E-state index in [1.165, 1.54) is 5.56 Å². The van der Waals surface area contributed by atoms with Gasteiger partial charge in [-0.3, -0.25) is 14.2 Å². The number of aromatic nitrogens is 2. The zero-order chi connectivity index (χ0) is 24.3. The molecule has 0 spiro atoms. The Morgan fingerprint density at radius 3 is 2.00 bits per heavy atom. The van der Waals surface area contributed by atoms with Crippen molar-refractivity contribution >= 4 is 27.3 Å². The first kappa shape index (κ1) is 23.3. The van der Waals surface area contributed by atoms with Crippen molar-refractivity contribution in [2.75, 3.05) is 16.3 Å². The number of anilines is 2. The van der Waals surface area contributed by atoms with E-state index in [0.29, 0.717) is 29.2 Å². The van der Waals surface area contributed by atoms with Crippen molar-refractivity contribution in [3.05, 3.63) is 101 Å². The van der Waals surface area contributed by atoms with Crippen LogP contribution in [0.2, 0.25) is 0 Å². The second-order valence-electron chi connectivity index (χ2n) is 8.35. The van der Waals surface area contributed by atoms with Gasteiger partial charge in [-0.2, -0.15) is 5.10 Å². The Hall–Kier alpha value is -3.91. The molecule has 34 heavy (non-hydrogen) atoms. The molecule has 0 aliphatic heterocycles. The van der Waals surface area contributed by atoms with Gasteiger partial charge in [0.1, 0.15) is 5.69 Å². The average molecular weight is 475 g/mol. The first-order valence-electron chi connectivity index (χ1n) is 10.8. The first-order chi connectivity index (χ1) is 16.2. The molecule has 1 heterocycles. The third kappa shape index (κ3) is 5.90. The molecule has 0 radical (unpaired) electrons. The number of benzene rings is 3. The van der Waals surface area contributed by atoms with Gasteiger partial charge >= 0.3 is 0 Å². The number of hydrogen-bond acceptors (Lipinski definition) is 4. The summed E-state index contributed by atoms with van der Waals surface area (Å²) in [6.45, 7) is 4.59. The van der Waals surface area contributed by atoms with Crippen LogP contribution in [0.5, 0.6) is 0 Å². The zero-order valence-corrected chi connectivity index (χ0v) is 20.1. The number of carbonyl (C=O) groups is 1. The summed E-state index contributed by atoms with van der Waals surface area (Å²) in [5, 5.41) is 7.61. The van der Waals surface area contributed by atoms with Crippen LogP contribution in [0.1, 0.15) is 27.0 Å². The lowest BCUT2D eigenvalue weighted by atomic mass is 10.1. The molecular weight excluding hydrogens is 448 g/mol. The second-order valence-corrected chi connectivity index (χ2v) is 10.1. The van der Waals surface area contributed by atoms with E-state index in [-0.39, 0.29) is 5.91 Å². The largest absolute Gasteiger partial charge is 0.322 e. The highest BCUT2D eigenvalue weighted by Gasteiger charge is 2.18. The summed E-state index contributed by atoms with van der Waals surface area (Å²) in [6.07, 6.45) is 2.84. The maximum atomic E-state index is 13.2. The molecule has 4 aromatic rings. The van der Waals surface area contributed by atoms with E-state index in [4.69, 9.17) is 5.10 Å². The Morgan fingerprint density at radius 2 is 1.41 bits per heavy atom. The van der Waals surface area contributed by atoms with Crippen LogP contribution in [-0.2, 0) is 16.6 Å². The highest BCUT2D eigenvalue weighted by molar-refractivity contribution is 7.92. The fraction of sp³-hybridized carbons (Fsp3) is 0.154. The van der Waals surface area contributed by atoms with Crippen LogP contribution in [0.3, 0.4) is 0 Å². The van der Waals surface area contributed by atoms with E-state index in [1.54, 1.807) is 35.1 Å². The topological polar surface area (TPSA) is 93.1 Å². The van der Waals surface area contributed by atoms with Crippen molar-refractivity contribution in [1.29, 1.82) is 0 Å². The predicted octanol–water partition coefficient (Wildman–Crippen LogP) is 4.84. The number of nitrogens with one attached hydrogen (secondary N) is 2. The van der Waals surface area contributed by atoms with Crippen molar-refractivity contribution in [2.24, 2.45) is 0 Å². The molecule has 0 aliphatic rings. The lowest BCUT2D eigenvalue weighted by Crippen LogP contribution is -2.13. The molecular formula is C26H26N4O3S. The van der Waals surface area contributed by atoms with E-state index in [9.17, 15) is 13.2 Å². The molecule has 0 aliphatic carbocycles. The number of carbonyl (C=O) groups excluding carboxylic acids is 1. The van der Waals surface area contributed by atoms with Crippen LogP contribution in [0, 0.1) is 13.8 Å². The minimum absolute atomic E-state index is 0.297. The van der Waals surface area contributed by atoms with Crippen LogP contribution < -0.4 is 10.0 Å². The smallest absolute Gasteiger partial charge is 0.259 e. The van der Waals surface area contributed by atoms with Crippen LogP contribution in [0.15, 0.2) is 79.0 Å². The first-order valence-corrected chi connectivity index (χ1v) is 12.6. The molecule has 4 rings (SSSR count). The third-order valence-electron chi connectivity index (χ3n) is 5.24. The molecule has 2 N–H and O–H groups in total. The zero-order valence-electron chi connectivity index (χ0n) is 19.2. The minimum Gasteiger partial charge on any atom is -0.322 e. The average Bonchev–Trinajstić information content (AvgIpc) is 3.20. The quantitative estimate of drug-likeness (QED) is 0.401. The number of hydrogen-bond donors (Lipinski definition) is 2. The molecule has 0 atom stereocenters. The molecule has 0 saturated carbocycles. The molecule has 1 amide bonds. The van der Waals surface area contributed by atoms with Crippen molar-refractivity contribution < 1.29 is 13.2 Å². The Kier molecular flexibility index (Phi) is 6.51. The molecule has 8 heteroatoms. The van der Waals surface area contributed by atoms with Gasteiger partial charge in [0.15, 0.2) is 0 Å². The molecule has 3 aromatic carbocycles. The molecule has 174 valence electrons. The standard InChI is InChI=1S/C26H26N4O3S/c1-18-4-8-20(9-5-18)16-30-17-24(25(28-30)21-10-6-19(2)7-11-21)26(31)27-22-12-14-23(15-13-22)29-34(3,32)33/h4-15,17,29H,16H2,1-3H3,(H,27,31). The highest BCUT2D eigenvalue weighted by Crippen LogP contribution is 2.25. The van der Waals surface area contributed by atoms with Crippen molar-refractivity contribution in [2.45, 2.75) is 20.4 Å². The van der Waals surface area contributed by atoms with Gasteiger partial charge in [0.2, 0.25) is 10.0 Å². The van der Waals surface area contributed by atoms with Gasteiger partial charge in [-0.1, -0.05) is 59.7 Å². The molecule has 0 unspecified atom stereocenters. The highest BCUT2D eigenvalue weighted by atomic mass is 32.2. The van der Waals surface area contributed by atoms with E-state index in [0.717, 1.165) is 22.9 Å². The van der Waals surface area contributed by atoms with Crippen LogP contribution in [-0.4, -0.2) is 30.4 Å². The number of rotatable bonds is 7. The van der Waals surface area contributed by atoms with E-state index in [2.05, 4.69) is 22.2 Å². The van der Waals surface area contributed by atoms with Crippen molar-refractivity contribution in [1.82, 2.24) is 9.78 Å². The molecule has 1 aromatic heterocycles. The van der Waals surface area contributed by atoms with Gasteiger partial charge in [-0.15, -0.1) is 0 Å². The number of sulfonamides is 1. The molecule has 0 fully saturated rings. The van der Waals surface area contributed by atoms with E-state index in [1.807, 2.05) is 50.2 Å². The summed E-state index contributed by atoms with van der Waals surface area (Å²) in [5.74, 6) is -0.297. The Balaban J connectivity index is 1.61. The van der Waals surface area contributed by atoms with Gasteiger partial charge < -0.3 is 5.32 Å². The van der Waals surface area contributed by atoms with Gasteiger partial charge in [0, 0.05) is 23.1 Å². The minimum atomic E-state index is -3.37.